The van der Waals surface area contributed by atoms with Crippen LogP contribution in [-0.4, -0.2) is 37.8 Å². The summed E-state index contributed by atoms with van der Waals surface area (Å²) < 4.78 is 17.2. The van der Waals surface area contributed by atoms with Crippen molar-refractivity contribution in [3.05, 3.63) is 0 Å². The van der Waals surface area contributed by atoms with Crippen molar-refractivity contribution in [1.29, 1.82) is 0 Å². The lowest BCUT2D eigenvalue weighted by Crippen LogP contribution is -2.51. The monoisotopic (exact) mass is 347 g/mol. The number of rotatable bonds is 10. The summed E-state index contributed by atoms with van der Waals surface area (Å²) in [5.74, 6) is -0.130. The van der Waals surface area contributed by atoms with Crippen LogP contribution in [0.2, 0.25) is 22.2 Å². The van der Waals surface area contributed by atoms with E-state index in [1.165, 1.54) is 0 Å². The molecule has 0 saturated heterocycles. The molecule has 0 aliphatic rings. The molecule has 6 heteroatoms. The van der Waals surface area contributed by atoms with Crippen molar-refractivity contribution in [2.45, 2.75) is 83.5 Å². The summed E-state index contributed by atoms with van der Waals surface area (Å²) >= 11 is 0. The van der Waals surface area contributed by atoms with Crippen LogP contribution in [0.4, 0.5) is 0 Å². The van der Waals surface area contributed by atoms with Gasteiger partial charge < -0.3 is 13.3 Å². The molecule has 0 bridgehead atoms. The minimum atomic E-state index is -2.16. The molecule has 0 saturated carbocycles. The van der Waals surface area contributed by atoms with Gasteiger partial charge in [0.25, 0.3) is 14.3 Å². The highest BCUT2D eigenvalue weighted by Gasteiger charge is 2.52. The van der Waals surface area contributed by atoms with E-state index in [1.54, 1.807) is 14.2 Å². The Bertz CT molecular complexity index is 335. The first kappa shape index (κ1) is 21.8. The van der Waals surface area contributed by atoms with Crippen molar-refractivity contribution >= 4 is 23.6 Å². The Morgan fingerprint density at radius 1 is 1.09 bits per heavy atom. The molecule has 0 aromatic rings. The van der Waals surface area contributed by atoms with Gasteiger partial charge in [0.15, 0.2) is 0 Å². The van der Waals surface area contributed by atoms with E-state index < -0.39 is 22.6 Å². The Morgan fingerprint density at radius 3 is 1.82 bits per heavy atom. The summed E-state index contributed by atoms with van der Waals surface area (Å²) in [6, 6.07) is 1.01. The van der Waals surface area contributed by atoms with E-state index in [-0.39, 0.29) is 5.97 Å². The van der Waals surface area contributed by atoms with Crippen molar-refractivity contribution in [2.24, 2.45) is 0 Å². The first-order chi connectivity index (χ1) is 10.2. The Kier molecular flexibility index (Phi) is 9.13. The standard InChI is InChI=1S/C16H35O4Si2/c1-10-12-22(13(3)4,14(5)6)20-15(17)16(7,11-2)21(18-8)19-9/h13-14H,10-12H2,1-9H3. The fraction of sp³-hybridized carbons (Fsp3) is 0.938. The quantitative estimate of drug-likeness (QED) is 0.539. The number of carbonyl (C=O) groups is 1. The van der Waals surface area contributed by atoms with Gasteiger partial charge in [0.05, 0.1) is 0 Å². The molecular weight excluding hydrogens is 312 g/mol. The molecule has 131 valence electrons. The van der Waals surface area contributed by atoms with Gasteiger partial charge in [-0.1, -0.05) is 48.0 Å². The lowest BCUT2D eigenvalue weighted by Gasteiger charge is -2.41. The summed E-state index contributed by atoms with van der Waals surface area (Å²) in [7, 11) is -0.631. The highest BCUT2D eigenvalue weighted by Crippen LogP contribution is 2.43. The Labute approximate surface area is 139 Å². The highest BCUT2D eigenvalue weighted by atomic mass is 28.4. The van der Waals surface area contributed by atoms with Crippen LogP contribution in [0.25, 0.3) is 0 Å². The molecule has 0 fully saturated rings. The molecule has 0 rings (SSSR count). The summed E-state index contributed by atoms with van der Waals surface area (Å²) in [4.78, 5) is 13.0. The molecular formula is C16H35O4Si2. The zero-order valence-corrected chi connectivity index (χ0v) is 17.9. The van der Waals surface area contributed by atoms with E-state index in [2.05, 4.69) is 34.6 Å². The molecule has 1 unspecified atom stereocenters. The highest BCUT2D eigenvalue weighted by molar-refractivity contribution is 6.78. The molecule has 1 radical (unpaired) electrons. The minimum Gasteiger partial charge on any atom is -0.518 e. The van der Waals surface area contributed by atoms with E-state index >= 15 is 0 Å². The predicted molar refractivity (Wildman–Crippen MR) is 95.6 cm³/mol. The molecule has 22 heavy (non-hydrogen) atoms. The third-order valence-corrected chi connectivity index (χ3v) is 12.8. The van der Waals surface area contributed by atoms with Crippen molar-refractivity contribution < 1.29 is 18.1 Å². The van der Waals surface area contributed by atoms with E-state index in [9.17, 15) is 4.79 Å². The smallest absolute Gasteiger partial charge is 0.402 e. The molecule has 0 heterocycles. The maximum Gasteiger partial charge on any atom is 0.402 e. The average molecular weight is 348 g/mol. The van der Waals surface area contributed by atoms with Crippen molar-refractivity contribution in [3.8, 4) is 0 Å². The van der Waals surface area contributed by atoms with E-state index in [1.807, 2.05) is 13.8 Å². The molecule has 0 aromatic carbocycles. The van der Waals surface area contributed by atoms with Crippen LogP contribution in [0.15, 0.2) is 0 Å². The van der Waals surface area contributed by atoms with E-state index in [0.29, 0.717) is 17.5 Å². The second-order valence-electron chi connectivity index (χ2n) is 6.79. The Hall–Kier alpha value is -0.176. The molecule has 0 aromatic heterocycles. The summed E-state index contributed by atoms with van der Waals surface area (Å²) in [5.41, 5.74) is 0.802. The number of carbonyl (C=O) groups excluding carboxylic acids is 1. The van der Waals surface area contributed by atoms with Gasteiger partial charge in [-0.25, -0.2) is 0 Å². The first-order valence-corrected chi connectivity index (χ1v) is 11.9. The fourth-order valence-corrected chi connectivity index (χ4v) is 9.20. The summed E-state index contributed by atoms with van der Waals surface area (Å²) in [6.07, 6.45) is 1.71. The molecule has 1 atom stereocenters. The first-order valence-electron chi connectivity index (χ1n) is 8.35. The normalized spacial score (nSPS) is 15.5. The van der Waals surface area contributed by atoms with Crippen LogP contribution in [0.3, 0.4) is 0 Å². The maximum atomic E-state index is 13.0. The molecule has 0 spiro atoms. The summed E-state index contributed by atoms with van der Waals surface area (Å²) in [5, 5.41) is -0.677. The lowest BCUT2D eigenvalue weighted by molar-refractivity contribution is -0.139. The van der Waals surface area contributed by atoms with Gasteiger partial charge in [-0.15, -0.1) is 0 Å². The van der Waals surface area contributed by atoms with E-state index in [0.717, 1.165) is 12.5 Å². The minimum absolute atomic E-state index is 0.130. The van der Waals surface area contributed by atoms with Crippen LogP contribution in [0.5, 0.6) is 0 Å². The van der Waals surface area contributed by atoms with Crippen LogP contribution in [-0.2, 0) is 18.1 Å². The SMILES string of the molecule is CCC[Si](OC(=O)C(C)(CC)[Si](OC)OC)(C(C)C)C(C)C. The van der Waals surface area contributed by atoms with Gasteiger partial charge in [0.1, 0.15) is 5.04 Å². The molecule has 0 aliphatic carbocycles. The third-order valence-electron chi connectivity index (χ3n) is 4.86. The van der Waals surface area contributed by atoms with Crippen LogP contribution < -0.4 is 0 Å². The van der Waals surface area contributed by atoms with Gasteiger partial charge in [0.2, 0.25) is 0 Å². The van der Waals surface area contributed by atoms with Crippen LogP contribution in [0, 0.1) is 0 Å². The van der Waals surface area contributed by atoms with E-state index in [4.69, 9.17) is 13.3 Å². The zero-order chi connectivity index (χ0) is 17.6. The Balaban J connectivity index is 5.56. The Morgan fingerprint density at radius 2 is 1.55 bits per heavy atom. The third kappa shape index (κ3) is 4.43. The van der Waals surface area contributed by atoms with Crippen LogP contribution in [0.1, 0.15) is 61.3 Å². The summed E-state index contributed by atoms with van der Waals surface area (Å²) in [6.45, 7) is 14.8. The van der Waals surface area contributed by atoms with Gasteiger partial charge in [-0.3, -0.25) is 4.79 Å². The van der Waals surface area contributed by atoms with Crippen molar-refractivity contribution in [2.75, 3.05) is 14.2 Å². The zero-order valence-electron chi connectivity index (χ0n) is 15.9. The average Bonchev–Trinajstić information content (AvgIpc) is 2.46. The van der Waals surface area contributed by atoms with Gasteiger partial charge in [0, 0.05) is 14.2 Å². The van der Waals surface area contributed by atoms with Gasteiger partial charge in [-0.05, 0) is 30.5 Å². The second kappa shape index (κ2) is 9.20. The van der Waals surface area contributed by atoms with Crippen LogP contribution >= 0.6 is 0 Å². The molecule has 0 aliphatic heterocycles. The fourth-order valence-electron chi connectivity index (χ4n) is 3.11. The second-order valence-corrected chi connectivity index (χ2v) is 14.2. The van der Waals surface area contributed by atoms with Crippen molar-refractivity contribution in [3.63, 3.8) is 0 Å². The van der Waals surface area contributed by atoms with Gasteiger partial charge >= 0.3 is 9.28 Å². The number of hydrogen-bond donors (Lipinski definition) is 0. The molecule has 0 N–H and O–H groups in total. The van der Waals surface area contributed by atoms with Gasteiger partial charge in [-0.2, -0.15) is 0 Å². The van der Waals surface area contributed by atoms with Crippen molar-refractivity contribution in [1.82, 2.24) is 0 Å². The predicted octanol–water partition coefficient (Wildman–Crippen LogP) is 4.66. The lowest BCUT2D eigenvalue weighted by atomic mass is 10.1. The maximum absolute atomic E-state index is 13.0. The number of hydrogen-bond acceptors (Lipinski definition) is 4. The molecule has 4 nitrogen and oxygen atoms in total. The molecule has 0 amide bonds. The topological polar surface area (TPSA) is 44.8 Å². The largest absolute Gasteiger partial charge is 0.518 e.